The monoisotopic (exact) mass is 338 g/mol. The Morgan fingerprint density at radius 3 is 2.48 bits per heavy atom. The smallest absolute Gasteiger partial charge is 0.159 e. The van der Waals surface area contributed by atoms with Crippen molar-refractivity contribution in [3.05, 3.63) is 63.1 Å². The van der Waals surface area contributed by atoms with Gasteiger partial charge in [0.15, 0.2) is 0 Å². The third-order valence-electron chi connectivity index (χ3n) is 2.88. The highest BCUT2D eigenvalue weighted by Gasteiger charge is 2.10. The fourth-order valence-corrected chi connectivity index (χ4v) is 2.40. The first-order valence-corrected chi connectivity index (χ1v) is 7.23. The summed E-state index contributed by atoms with van der Waals surface area (Å²) in [7, 11) is 0. The quantitative estimate of drug-likeness (QED) is 0.712. The number of hydrogen-bond acceptors (Lipinski definition) is 3. The number of aromatic nitrogens is 4. The number of benzene rings is 2. The van der Waals surface area contributed by atoms with Gasteiger partial charge in [0.1, 0.15) is 0 Å². The van der Waals surface area contributed by atoms with Crippen LogP contribution in [-0.2, 0) is 6.54 Å². The van der Waals surface area contributed by atoms with Crippen LogP contribution in [0.4, 0.5) is 0 Å². The predicted octanol–water partition coefficient (Wildman–Crippen LogP) is 4.35. The molecule has 0 radical (unpaired) electrons. The Morgan fingerprint density at radius 1 is 0.905 bits per heavy atom. The maximum Gasteiger partial charge on any atom is 0.206 e. The van der Waals surface area contributed by atoms with Crippen LogP contribution in [-0.4, -0.2) is 20.2 Å². The van der Waals surface area contributed by atoms with Crippen LogP contribution in [0, 0.1) is 0 Å². The van der Waals surface area contributed by atoms with E-state index in [1.165, 1.54) is 4.80 Å². The van der Waals surface area contributed by atoms with Crippen molar-refractivity contribution >= 4 is 34.8 Å². The molecule has 3 rings (SSSR count). The van der Waals surface area contributed by atoms with E-state index in [0.717, 1.165) is 11.1 Å². The van der Waals surface area contributed by atoms with E-state index in [2.05, 4.69) is 15.4 Å². The summed E-state index contributed by atoms with van der Waals surface area (Å²) in [5.41, 5.74) is 1.69. The summed E-state index contributed by atoms with van der Waals surface area (Å²) in [6.07, 6.45) is 0. The minimum absolute atomic E-state index is 0.453. The van der Waals surface area contributed by atoms with Crippen molar-refractivity contribution in [3.63, 3.8) is 0 Å². The lowest BCUT2D eigenvalue weighted by Gasteiger charge is -2.02. The molecule has 106 valence electrons. The Balaban J connectivity index is 1.85. The maximum absolute atomic E-state index is 6.12. The average molecular weight is 340 g/mol. The zero-order valence-corrected chi connectivity index (χ0v) is 12.9. The lowest BCUT2D eigenvalue weighted by atomic mass is 10.2. The minimum atomic E-state index is 0.453. The van der Waals surface area contributed by atoms with E-state index in [1.807, 2.05) is 24.3 Å². The van der Waals surface area contributed by atoms with Crippen molar-refractivity contribution in [3.8, 4) is 11.4 Å². The maximum atomic E-state index is 6.12. The van der Waals surface area contributed by atoms with E-state index in [0.29, 0.717) is 27.4 Å². The first kappa shape index (κ1) is 14.3. The molecule has 0 unspecified atom stereocenters. The SMILES string of the molecule is Clc1ccc(Cn2nnc(-c3ccccc3Cl)n2)cc1Cl. The van der Waals surface area contributed by atoms with Gasteiger partial charge in [-0.2, -0.15) is 4.80 Å². The predicted molar refractivity (Wildman–Crippen MR) is 83.8 cm³/mol. The van der Waals surface area contributed by atoms with Crippen LogP contribution in [0.25, 0.3) is 11.4 Å². The Labute approximate surface area is 136 Å². The van der Waals surface area contributed by atoms with Crippen LogP contribution in [0.2, 0.25) is 15.1 Å². The lowest BCUT2D eigenvalue weighted by molar-refractivity contribution is 0.573. The summed E-state index contributed by atoms with van der Waals surface area (Å²) in [4.78, 5) is 1.48. The molecule has 0 fully saturated rings. The van der Waals surface area contributed by atoms with Crippen molar-refractivity contribution in [2.75, 3.05) is 0 Å². The van der Waals surface area contributed by atoms with Crippen molar-refractivity contribution in [1.82, 2.24) is 20.2 Å². The van der Waals surface area contributed by atoms with Crippen LogP contribution in [0.5, 0.6) is 0 Å². The largest absolute Gasteiger partial charge is 0.206 e. The Hall–Kier alpha value is -1.62. The molecule has 4 nitrogen and oxygen atoms in total. The lowest BCUT2D eigenvalue weighted by Crippen LogP contribution is -2.04. The third-order valence-corrected chi connectivity index (χ3v) is 3.94. The first-order chi connectivity index (χ1) is 10.1. The molecule has 3 aromatic rings. The van der Waals surface area contributed by atoms with Crippen LogP contribution < -0.4 is 0 Å². The number of hydrogen-bond donors (Lipinski definition) is 0. The average Bonchev–Trinajstić information content (AvgIpc) is 2.92. The summed E-state index contributed by atoms with van der Waals surface area (Å²) in [5.74, 6) is 0.487. The molecular weight excluding hydrogens is 331 g/mol. The summed E-state index contributed by atoms with van der Waals surface area (Å²) in [6.45, 7) is 0.453. The van der Waals surface area contributed by atoms with Gasteiger partial charge in [-0.15, -0.1) is 10.2 Å². The van der Waals surface area contributed by atoms with Gasteiger partial charge in [-0.25, -0.2) is 0 Å². The molecule has 0 N–H and O–H groups in total. The molecule has 1 heterocycles. The van der Waals surface area contributed by atoms with Crippen LogP contribution >= 0.6 is 34.8 Å². The van der Waals surface area contributed by atoms with E-state index in [4.69, 9.17) is 34.8 Å². The van der Waals surface area contributed by atoms with E-state index in [1.54, 1.807) is 18.2 Å². The standard InChI is InChI=1S/C14H9Cl3N4/c15-11-4-2-1-3-10(11)14-18-20-21(19-14)8-9-5-6-12(16)13(17)7-9/h1-7H,8H2. The highest BCUT2D eigenvalue weighted by atomic mass is 35.5. The molecule has 0 aliphatic rings. The molecule has 0 saturated heterocycles. The number of tetrazole rings is 1. The van der Waals surface area contributed by atoms with E-state index in [9.17, 15) is 0 Å². The Morgan fingerprint density at radius 2 is 1.71 bits per heavy atom. The topological polar surface area (TPSA) is 43.6 Å². The molecule has 2 aromatic carbocycles. The molecule has 21 heavy (non-hydrogen) atoms. The molecule has 0 aliphatic heterocycles. The molecule has 0 bridgehead atoms. The normalized spacial score (nSPS) is 10.8. The summed E-state index contributed by atoms with van der Waals surface area (Å²) >= 11 is 18.0. The van der Waals surface area contributed by atoms with Gasteiger partial charge in [0, 0.05) is 5.56 Å². The van der Waals surface area contributed by atoms with Crippen molar-refractivity contribution in [2.45, 2.75) is 6.54 Å². The zero-order chi connectivity index (χ0) is 14.8. The van der Waals surface area contributed by atoms with Gasteiger partial charge in [0.25, 0.3) is 0 Å². The second kappa shape index (κ2) is 6.02. The first-order valence-electron chi connectivity index (χ1n) is 6.10. The molecule has 0 saturated carbocycles. The van der Waals surface area contributed by atoms with E-state index in [-0.39, 0.29) is 0 Å². The van der Waals surface area contributed by atoms with Gasteiger partial charge in [-0.05, 0) is 35.0 Å². The van der Waals surface area contributed by atoms with E-state index >= 15 is 0 Å². The van der Waals surface area contributed by atoms with Crippen molar-refractivity contribution in [1.29, 1.82) is 0 Å². The Bertz CT molecular complexity index is 785. The molecule has 1 aromatic heterocycles. The fourth-order valence-electron chi connectivity index (χ4n) is 1.86. The molecule has 0 atom stereocenters. The summed E-state index contributed by atoms with van der Waals surface area (Å²) in [6, 6.07) is 12.8. The summed E-state index contributed by atoms with van der Waals surface area (Å²) in [5, 5.41) is 14.0. The second-order valence-corrected chi connectivity index (χ2v) is 5.59. The fraction of sp³-hybridized carbons (Fsp3) is 0.0714. The van der Waals surface area contributed by atoms with Crippen molar-refractivity contribution < 1.29 is 0 Å². The zero-order valence-electron chi connectivity index (χ0n) is 10.7. The minimum Gasteiger partial charge on any atom is -0.159 e. The molecular formula is C14H9Cl3N4. The highest BCUT2D eigenvalue weighted by molar-refractivity contribution is 6.42. The van der Waals surface area contributed by atoms with Gasteiger partial charge in [-0.1, -0.05) is 53.0 Å². The number of halogens is 3. The van der Waals surface area contributed by atoms with Gasteiger partial charge in [0.05, 0.1) is 21.6 Å². The van der Waals surface area contributed by atoms with Gasteiger partial charge < -0.3 is 0 Å². The number of rotatable bonds is 3. The molecule has 0 spiro atoms. The summed E-state index contributed by atoms with van der Waals surface area (Å²) < 4.78 is 0. The van der Waals surface area contributed by atoms with Crippen LogP contribution in [0.3, 0.4) is 0 Å². The third kappa shape index (κ3) is 3.18. The second-order valence-electron chi connectivity index (χ2n) is 4.37. The van der Waals surface area contributed by atoms with Crippen LogP contribution in [0.1, 0.15) is 5.56 Å². The Kier molecular flexibility index (Phi) is 4.10. The molecule has 0 aliphatic carbocycles. The van der Waals surface area contributed by atoms with Crippen LogP contribution in [0.15, 0.2) is 42.5 Å². The molecule has 0 amide bonds. The van der Waals surface area contributed by atoms with Gasteiger partial charge in [-0.3, -0.25) is 0 Å². The van der Waals surface area contributed by atoms with E-state index < -0.39 is 0 Å². The number of nitrogens with zero attached hydrogens (tertiary/aromatic N) is 4. The van der Waals surface area contributed by atoms with Crippen molar-refractivity contribution in [2.24, 2.45) is 0 Å². The molecule has 7 heteroatoms. The van der Waals surface area contributed by atoms with Gasteiger partial charge >= 0.3 is 0 Å². The van der Waals surface area contributed by atoms with Gasteiger partial charge in [0.2, 0.25) is 5.82 Å². The highest BCUT2D eigenvalue weighted by Crippen LogP contribution is 2.24.